The Balaban J connectivity index is 2.26. The number of aliphatic hydroxyl groups is 1. The van der Waals surface area contributed by atoms with E-state index in [1.54, 1.807) is 0 Å². The predicted octanol–water partition coefficient (Wildman–Crippen LogP) is -0.785. The molecule has 0 aliphatic carbocycles. The molecular weight excluding hydrogens is 238 g/mol. The van der Waals surface area contributed by atoms with Gasteiger partial charge < -0.3 is 25.7 Å². The molecule has 1 aliphatic rings. The molecule has 1 rings (SSSR count). The SMILES string of the molecule is CN1CCC(NC(=O)NCC(C)(O)CC(=O)O)C1. The van der Waals surface area contributed by atoms with E-state index in [-0.39, 0.29) is 18.6 Å². The molecule has 0 aromatic carbocycles. The lowest BCUT2D eigenvalue weighted by Gasteiger charge is -2.22. The first-order valence-electron chi connectivity index (χ1n) is 5.95. The van der Waals surface area contributed by atoms with Gasteiger partial charge in [-0.15, -0.1) is 0 Å². The molecule has 1 fully saturated rings. The van der Waals surface area contributed by atoms with Crippen LogP contribution in [0.1, 0.15) is 19.8 Å². The normalized spacial score (nSPS) is 23.4. The summed E-state index contributed by atoms with van der Waals surface area (Å²) in [6, 6.07) is -0.264. The number of nitrogens with zero attached hydrogens (tertiary/aromatic N) is 1. The molecule has 0 saturated carbocycles. The van der Waals surface area contributed by atoms with Crippen LogP contribution >= 0.6 is 0 Å². The van der Waals surface area contributed by atoms with E-state index in [2.05, 4.69) is 15.5 Å². The number of carbonyl (C=O) groups is 2. The van der Waals surface area contributed by atoms with Crippen molar-refractivity contribution in [1.29, 1.82) is 0 Å². The average Bonchev–Trinajstić information content (AvgIpc) is 2.59. The molecule has 7 nitrogen and oxygen atoms in total. The number of carboxylic acid groups (broad SMARTS) is 1. The minimum atomic E-state index is -1.43. The van der Waals surface area contributed by atoms with Crippen molar-refractivity contribution in [3.05, 3.63) is 0 Å². The summed E-state index contributed by atoms with van der Waals surface area (Å²) in [6.07, 6.45) is 0.495. The fraction of sp³-hybridized carbons (Fsp3) is 0.818. The van der Waals surface area contributed by atoms with Crippen LogP contribution in [0.3, 0.4) is 0 Å². The van der Waals surface area contributed by atoms with Crippen LogP contribution in [0.15, 0.2) is 0 Å². The second-order valence-corrected chi connectivity index (χ2v) is 5.14. The lowest BCUT2D eigenvalue weighted by atomic mass is 10.0. The van der Waals surface area contributed by atoms with Crippen molar-refractivity contribution in [2.24, 2.45) is 0 Å². The molecule has 0 bridgehead atoms. The van der Waals surface area contributed by atoms with E-state index in [0.29, 0.717) is 0 Å². The van der Waals surface area contributed by atoms with Crippen LogP contribution in [0.4, 0.5) is 4.79 Å². The lowest BCUT2D eigenvalue weighted by Crippen LogP contribution is -2.48. The largest absolute Gasteiger partial charge is 0.481 e. The van der Waals surface area contributed by atoms with Gasteiger partial charge >= 0.3 is 12.0 Å². The summed E-state index contributed by atoms with van der Waals surface area (Å²) in [4.78, 5) is 24.1. The number of amides is 2. The van der Waals surface area contributed by atoms with E-state index in [9.17, 15) is 14.7 Å². The predicted molar refractivity (Wildman–Crippen MR) is 65.3 cm³/mol. The summed E-state index contributed by atoms with van der Waals surface area (Å²) < 4.78 is 0. The molecule has 2 unspecified atom stereocenters. The highest BCUT2D eigenvalue weighted by Crippen LogP contribution is 2.08. The molecule has 104 valence electrons. The quantitative estimate of drug-likeness (QED) is 0.518. The second kappa shape index (κ2) is 6.01. The Labute approximate surface area is 106 Å². The smallest absolute Gasteiger partial charge is 0.315 e. The molecule has 7 heteroatoms. The molecule has 18 heavy (non-hydrogen) atoms. The molecule has 2 amide bonds. The van der Waals surface area contributed by atoms with Gasteiger partial charge in [0.1, 0.15) is 0 Å². The molecule has 0 aromatic rings. The van der Waals surface area contributed by atoms with Crippen molar-refractivity contribution in [3.8, 4) is 0 Å². The number of likely N-dealkylation sites (tertiary alicyclic amines) is 1. The van der Waals surface area contributed by atoms with Crippen molar-refractivity contribution in [1.82, 2.24) is 15.5 Å². The van der Waals surface area contributed by atoms with Crippen LogP contribution in [0.25, 0.3) is 0 Å². The van der Waals surface area contributed by atoms with Gasteiger partial charge in [-0.25, -0.2) is 4.79 Å². The highest BCUT2D eigenvalue weighted by molar-refractivity contribution is 5.74. The number of urea groups is 1. The Bertz CT molecular complexity index is 319. The van der Waals surface area contributed by atoms with Gasteiger partial charge in [0.2, 0.25) is 0 Å². The Morgan fingerprint density at radius 2 is 2.17 bits per heavy atom. The zero-order chi connectivity index (χ0) is 13.8. The number of hydrogen-bond donors (Lipinski definition) is 4. The monoisotopic (exact) mass is 259 g/mol. The van der Waals surface area contributed by atoms with Gasteiger partial charge in [-0.1, -0.05) is 0 Å². The van der Waals surface area contributed by atoms with E-state index in [1.807, 2.05) is 7.05 Å². The third-order valence-electron chi connectivity index (χ3n) is 2.89. The van der Waals surface area contributed by atoms with E-state index in [1.165, 1.54) is 6.92 Å². The fourth-order valence-corrected chi connectivity index (χ4v) is 1.95. The van der Waals surface area contributed by atoms with Crippen molar-refractivity contribution in [2.75, 3.05) is 26.7 Å². The Morgan fingerprint density at radius 1 is 1.50 bits per heavy atom. The molecule has 0 spiro atoms. The third kappa shape index (κ3) is 5.33. The topological polar surface area (TPSA) is 102 Å². The molecule has 1 heterocycles. The maximum absolute atomic E-state index is 11.5. The molecule has 1 saturated heterocycles. The van der Waals surface area contributed by atoms with Gasteiger partial charge in [0.15, 0.2) is 0 Å². The van der Waals surface area contributed by atoms with Crippen molar-refractivity contribution in [2.45, 2.75) is 31.4 Å². The highest BCUT2D eigenvalue weighted by atomic mass is 16.4. The first kappa shape index (κ1) is 14.7. The van der Waals surface area contributed by atoms with Gasteiger partial charge in [-0.3, -0.25) is 4.79 Å². The Morgan fingerprint density at radius 3 is 2.67 bits per heavy atom. The molecule has 4 N–H and O–H groups in total. The number of rotatable bonds is 5. The lowest BCUT2D eigenvalue weighted by molar-refractivity contribution is -0.141. The zero-order valence-electron chi connectivity index (χ0n) is 10.8. The number of hydrogen-bond acceptors (Lipinski definition) is 4. The van der Waals surface area contributed by atoms with E-state index in [0.717, 1.165) is 19.5 Å². The fourth-order valence-electron chi connectivity index (χ4n) is 1.95. The number of nitrogens with one attached hydrogen (secondary N) is 2. The molecule has 0 aromatic heterocycles. The van der Waals surface area contributed by atoms with Crippen molar-refractivity contribution < 1.29 is 19.8 Å². The number of carboxylic acids is 1. The average molecular weight is 259 g/mol. The first-order valence-corrected chi connectivity index (χ1v) is 5.95. The van der Waals surface area contributed by atoms with Gasteiger partial charge in [-0.05, 0) is 26.9 Å². The molecular formula is C11H21N3O4. The summed E-state index contributed by atoms with van der Waals surface area (Å²) in [5, 5.41) is 23.6. The van der Waals surface area contributed by atoms with Crippen LogP contribution in [-0.4, -0.2) is 65.4 Å². The van der Waals surface area contributed by atoms with Crippen molar-refractivity contribution in [3.63, 3.8) is 0 Å². The Hall–Kier alpha value is -1.34. The number of carbonyl (C=O) groups excluding carboxylic acids is 1. The molecule has 0 radical (unpaired) electrons. The number of aliphatic carboxylic acids is 1. The van der Waals surface area contributed by atoms with Crippen LogP contribution < -0.4 is 10.6 Å². The van der Waals surface area contributed by atoms with E-state index in [4.69, 9.17) is 5.11 Å². The molecule has 1 aliphatic heterocycles. The van der Waals surface area contributed by atoms with Gasteiger partial charge in [0.05, 0.1) is 12.0 Å². The zero-order valence-corrected chi connectivity index (χ0v) is 10.8. The first-order chi connectivity index (χ1) is 8.28. The number of likely N-dealkylation sites (N-methyl/N-ethyl adjacent to an activating group) is 1. The van der Waals surface area contributed by atoms with Crippen LogP contribution in [0.5, 0.6) is 0 Å². The summed E-state index contributed by atoms with van der Waals surface area (Å²) >= 11 is 0. The second-order valence-electron chi connectivity index (χ2n) is 5.14. The minimum absolute atomic E-state index is 0.0896. The van der Waals surface area contributed by atoms with Crippen LogP contribution in [-0.2, 0) is 4.79 Å². The van der Waals surface area contributed by atoms with Crippen LogP contribution in [0.2, 0.25) is 0 Å². The summed E-state index contributed by atoms with van der Waals surface area (Å²) in [7, 11) is 1.98. The Kier molecular flexibility index (Phi) is 4.92. The highest BCUT2D eigenvalue weighted by Gasteiger charge is 2.26. The van der Waals surface area contributed by atoms with Gasteiger partial charge in [0.25, 0.3) is 0 Å². The molecule has 2 atom stereocenters. The standard InChI is InChI=1S/C11H21N3O4/c1-11(18,5-9(15)16)7-12-10(17)13-8-3-4-14(2)6-8/h8,18H,3-7H2,1-2H3,(H,15,16)(H2,12,13,17). The van der Waals surface area contributed by atoms with E-state index < -0.39 is 18.0 Å². The maximum Gasteiger partial charge on any atom is 0.315 e. The van der Waals surface area contributed by atoms with Crippen molar-refractivity contribution >= 4 is 12.0 Å². The van der Waals surface area contributed by atoms with E-state index >= 15 is 0 Å². The summed E-state index contributed by atoms with van der Waals surface area (Å²) in [5.74, 6) is -1.10. The maximum atomic E-state index is 11.5. The van der Waals surface area contributed by atoms with Gasteiger partial charge in [-0.2, -0.15) is 0 Å². The van der Waals surface area contributed by atoms with Gasteiger partial charge in [0, 0.05) is 19.1 Å². The third-order valence-corrected chi connectivity index (χ3v) is 2.89. The summed E-state index contributed by atoms with van der Waals surface area (Å²) in [6.45, 7) is 3.04. The van der Waals surface area contributed by atoms with Crippen LogP contribution in [0, 0.1) is 0 Å². The minimum Gasteiger partial charge on any atom is -0.481 e. The summed E-state index contributed by atoms with van der Waals surface area (Å²) in [5.41, 5.74) is -1.43.